The van der Waals surface area contributed by atoms with Crippen LogP contribution in [0, 0.1) is 0 Å². The first kappa shape index (κ1) is 12.4. The predicted molar refractivity (Wildman–Crippen MR) is 86.3 cm³/mol. The average Bonchev–Trinajstić information content (AvgIpc) is 2.56. The molecule has 2 aromatic rings. The maximum absolute atomic E-state index is 4.69. The summed E-state index contributed by atoms with van der Waals surface area (Å²) < 4.78 is 0. The third-order valence-corrected chi connectivity index (χ3v) is 4.15. The largest absolute Gasteiger partial charge is 0.304 e. The van der Waals surface area contributed by atoms with Gasteiger partial charge in [-0.15, -0.1) is 5.53 Å². The molecule has 1 heterocycles. The molecule has 4 heteroatoms. The Balaban J connectivity index is 1.60. The van der Waals surface area contributed by atoms with Gasteiger partial charge in [-0.3, -0.25) is 4.99 Å². The van der Waals surface area contributed by atoms with Gasteiger partial charge in [0.1, 0.15) is 6.34 Å². The number of benzene rings is 2. The summed E-state index contributed by atoms with van der Waals surface area (Å²) in [6, 6.07) is 16.9. The van der Waals surface area contributed by atoms with E-state index < -0.39 is 0 Å². The zero-order valence-electron chi connectivity index (χ0n) is 11.8. The van der Waals surface area contributed by atoms with Gasteiger partial charge >= 0.3 is 0 Å². The molecule has 0 aromatic heterocycles. The van der Waals surface area contributed by atoms with Crippen LogP contribution in [-0.2, 0) is 6.42 Å². The number of rotatable bonds is 3. The second-order valence-corrected chi connectivity index (χ2v) is 5.50. The zero-order chi connectivity index (χ0) is 14.1. The van der Waals surface area contributed by atoms with E-state index in [-0.39, 0.29) is 0 Å². The number of anilines is 2. The van der Waals surface area contributed by atoms with E-state index in [4.69, 9.17) is 4.99 Å². The number of para-hydroxylation sites is 1. The van der Waals surface area contributed by atoms with Gasteiger partial charge in [0.05, 0.1) is 17.4 Å². The van der Waals surface area contributed by atoms with Gasteiger partial charge in [0.15, 0.2) is 0 Å². The second kappa shape index (κ2) is 5.22. The molecule has 2 aromatic carbocycles. The van der Waals surface area contributed by atoms with Gasteiger partial charge in [-0.2, -0.15) is 0 Å². The molecule has 0 saturated carbocycles. The highest BCUT2D eigenvalue weighted by Gasteiger charge is 2.27. The van der Waals surface area contributed by atoms with E-state index in [0.717, 1.165) is 18.5 Å². The third kappa shape index (κ3) is 2.28. The topological polar surface area (TPSA) is 39.7 Å². The van der Waals surface area contributed by atoms with Crippen molar-refractivity contribution in [2.24, 2.45) is 4.99 Å². The zero-order valence-corrected chi connectivity index (χ0v) is 11.8. The van der Waals surface area contributed by atoms with Gasteiger partial charge in [-0.1, -0.05) is 30.3 Å². The standard InChI is InChI=1S/C17H18N4/c1-2-8-14(9-3-1)19-20-21-12-18-15-10-4-6-13-7-5-11-16(21)17(13)15/h1-3,5,7-9,11-12,15,19-20H,4,6,10H2. The van der Waals surface area contributed by atoms with Crippen LogP contribution in [0.3, 0.4) is 0 Å². The Hall–Kier alpha value is -2.33. The van der Waals surface area contributed by atoms with Crippen molar-refractivity contribution in [1.82, 2.24) is 5.53 Å². The molecule has 0 spiro atoms. The Labute approximate surface area is 124 Å². The Morgan fingerprint density at radius 3 is 2.86 bits per heavy atom. The lowest BCUT2D eigenvalue weighted by Gasteiger charge is -2.34. The fraction of sp³-hybridized carbons (Fsp3) is 0.235. The maximum atomic E-state index is 4.69. The quantitative estimate of drug-likeness (QED) is 0.845. The number of hydrogen-bond acceptors (Lipinski definition) is 4. The first-order chi connectivity index (χ1) is 10.4. The summed E-state index contributed by atoms with van der Waals surface area (Å²) in [5, 5.41) is 1.97. The number of aliphatic imine (C=N–C) groups is 1. The monoisotopic (exact) mass is 278 g/mol. The first-order valence-electron chi connectivity index (χ1n) is 7.43. The maximum Gasteiger partial charge on any atom is 0.107 e. The van der Waals surface area contributed by atoms with Crippen LogP contribution < -0.4 is 16.0 Å². The van der Waals surface area contributed by atoms with Crippen molar-refractivity contribution in [3.63, 3.8) is 0 Å². The summed E-state index contributed by atoms with van der Waals surface area (Å²) in [7, 11) is 0. The normalized spacial score (nSPS) is 19.2. The van der Waals surface area contributed by atoms with Crippen molar-refractivity contribution in [3.8, 4) is 0 Å². The highest BCUT2D eigenvalue weighted by Crippen LogP contribution is 2.40. The molecule has 1 unspecified atom stereocenters. The lowest BCUT2D eigenvalue weighted by atomic mass is 9.86. The van der Waals surface area contributed by atoms with Gasteiger partial charge in [-0.05, 0) is 43.0 Å². The first-order valence-corrected chi connectivity index (χ1v) is 7.43. The Bertz CT molecular complexity index is 666. The minimum absolute atomic E-state index is 0.333. The lowest BCUT2D eigenvalue weighted by molar-refractivity contribution is 0.564. The molecule has 21 heavy (non-hydrogen) atoms. The van der Waals surface area contributed by atoms with Crippen LogP contribution in [-0.4, -0.2) is 6.34 Å². The number of nitrogens with zero attached hydrogens (tertiary/aromatic N) is 2. The minimum Gasteiger partial charge on any atom is -0.304 e. The van der Waals surface area contributed by atoms with Crippen molar-refractivity contribution in [1.29, 1.82) is 0 Å². The molecule has 2 N–H and O–H groups in total. The van der Waals surface area contributed by atoms with E-state index in [1.165, 1.54) is 23.2 Å². The van der Waals surface area contributed by atoms with Crippen LogP contribution in [0.15, 0.2) is 53.5 Å². The van der Waals surface area contributed by atoms with Crippen molar-refractivity contribution in [2.45, 2.75) is 25.3 Å². The summed E-state index contributed by atoms with van der Waals surface area (Å²) in [6.07, 6.45) is 5.43. The summed E-state index contributed by atoms with van der Waals surface area (Å²) in [5.74, 6) is 0. The van der Waals surface area contributed by atoms with Gasteiger partial charge in [-0.25, -0.2) is 5.01 Å². The molecule has 0 radical (unpaired) electrons. The number of hydrazine groups is 2. The van der Waals surface area contributed by atoms with Gasteiger partial charge in [0.25, 0.3) is 0 Å². The average molecular weight is 278 g/mol. The minimum atomic E-state index is 0.333. The van der Waals surface area contributed by atoms with Crippen LogP contribution in [0.1, 0.15) is 30.0 Å². The predicted octanol–water partition coefficient (Wildman–Crippen LogP) is 3.44. The van der Waals surface area contributed by atoms with Crippen LogP contribution in [0.2, 0.25) is 0 Å². The Morgan fingerprint density at radius 2 is 1.95 bits per heavy atom. The van der Waals surface area contributed by atoms with Crippen LogP contribution in [0.4, 0.5) is 11.4 Å². The molecule has 1 aliphatic heterocycles. The summed E-state index contributed by atoms with van der Waals surface area (Å²) in [6.45, 7) is 0. The van der Waals surface area contributed by atoms with Gasteiger partial charge in [0.2, 0.25) is 0 Å². The van der Waals surface area contributed by atoms with Crippen molar-refractivity contribution in [3.05, 3.63) is 59.7 Å². The van der Waals surface area contributed by atoms with E-state index in [1.54, 1.807) is 0 Å². The van der Waals surface area contributed by atoms with E-state index in [1.807, 2.05) is 41.7 Å². The smallest absolute Gasteiger partial charge is 0.107 e. The number of aryl methyl sites for hydroxylation is 1. The molecule has 2 aliphatic rings. The molecule has 0 saturated heterocycles. The number of hydrogen-bond donors (Lipinski definition) is 2. The van der Waals surface area contributed by atoms with Crippen LogP contribution in [0.5, 0.6) is 0 Å². The molecule has 1 atom stereocenters. The molecule has 4 nitrogen and oxygen atoms in total. The molecular formula is C17H18N4. The number of nitrogens with one attached hydrogen (secondary N) is 2. The van der Waals surface area contributed by atoms with Crippen molar-refractivity contribution in [2.75, 3.05) is 10.4 Å². The fourth-order valence-electron chi connectivity index (χ4n) is 3.14. The molecule has 1 aliphatic carbocycles. The van der Waals surface area contributed by atoms with E-state index in [0.29, 0.717) is 6.04 Å². The highest BCUT2D eigenvalue weighted by molar-refractivity contribution is 5.83. The second-order valence-electron chi connectivity index (χ2n) is 5.50. The van der Waals surface area contributed by atoms with Crippen molar-refractivity contribution >= 4 is 17.7 Å². The highest BCUT2D eigenvalue weighted by atomic mass is 15.7. The molecule has 106 valence electrons. The molecule has 0 fully saturated rings. The van der Waals surface area contributed by atoms with E-state index in [2.05, 4.69) is 29.2 Å². The van der Waals surface area contributed by atoms with Gasteiger partial charge in [0, 0.05) is 5.56 Å². The Kier molecular flexibility index (Phi) is 3.09. The SMILES string of the molecule is C1=NC2CCCc3cccc(c32)N1NNc1ccccc1. The van der Waals surface area contributed by atoms with E-state index in [9.17, 15) is 0 Å². The van der Waals surface area contributed by atoms with Crippen LogP contribution >= 0.6 is 0 Å². The summed E-state index contributed by atoms with van der Waals surface area (Å²) in [4.78, 5) is 4.69. The van der Waals surface area contributed by atoms with Gasteiger partial charge < -0.3 is 5.43 Å². The van der Waals surface area contributed by atoms with Crippen LogP contribution in [0.25, 0.3) is 0 Å². The Morgan fingerprint density at radius 1 is 1.05 bits per heavy atom. The fourth-order valence-corrected chi connectivity index (χ4v) is 3.14. The molecule has 4 rings (SSSR count). The molecule has 0 amide bonds. The van der Waals surface area contributed by atoms with E-state index >= 15 is 0 Å². The van der Waals surface area contributed by atoms with Crippen molar-refractivity contribution < 1.29 is 0 Å². The third-order valence-electron chi connectivity index (χ3n) is 4.15. The molecule has 0 bridgehead atoms. The molecular weight excluding hydrogens is 260 g/mol. The lowest BCUT2D eigenvalue weighted by Crippen LogP contribution is -2.43. The summed E-state index contributed by atoms with van der Waals surface area (Å²) in [5.41, 5.74) is 11.5. The summed E-state index contributed by atoms with van der Waals surface area (Å²) >= 11 is 0.